The van der Waals surface area contributed by atoms with Gasteiger partial charge in [0.1, 0.15) is 11.4 Å². The van der Waals surface area contributed by atoms with Crippen molar-refractivity contribution in [2.24, 2.45) is 0 Å². The molecule has 0 radical (unpaired) electrons. The Labute approximate surface area is 191 Å². The molecule has 2 amide bonds. The molecule has 2 aliphatic rings. The SMILES string of the molecule is CC(=O)Nc1ccc(N2C(=S)N(c3ccc(C#N)c(C(F)(F)F)c3)C(=O)C23CCC3)cc1F. The second-order valence-corrected chi connectivity index (χ2v) is 8.19. The summed E-state index contributed by atoms with van der Waals surface area (Å²) in [5.41, 5.74) is -2.82. The average Bonchev–Trinajstić information content (AvgIpc) is 2.95. The maximum atomic E-state index is 14.6. The van der Waals surface area contributed by atoms with Crippen LogP contribution in [-0.4, -0.2) is 22.5 Å². The molecule has 6 nitrogen and oxygen atoms in total. The van der Waals surface area contributed by atoms with Gasteiger partial charge in [-0.3, -0.25) is 14.5 Å². The van der Waals surface area contributed by atoms with E-state index in [0.717, 1.165) is 23.1 Å². The Kier molecular flexibility index (Phi) is 5.36. The van der Waals surface area contributed by atoms with E-state index >= 15 is 0 Å². The van der Waals surface area contributed by atoms with Gasteiger partial charge < -0.3 is 10.2 Å². The molecule has 4 rings (SSSR count). The minimum Gasteiger partial charge on any atom is -0.324 e. The lowest BCUT2D eigenvalue weighted by atomic mass is 9.75. The van der Waals surface area contributed by atoms with Crippen LogP contribution in [0.15, 0.2) is 36.4 Å². The normalized spacial score (nSPS) is 17.2. The molecule has 0 atom stereocenters. The van der Waals surface area contributed by atoms with Crippen molar-refractivity contribution in [1.29, 1.82) is 5.26 Å². The van der Waals surface area contributed by atoms with Crippen LogP contribution < -0.4 is 15.1 Å². The highest BCUT2D eigenvalue weighted by atomic mass is 32.1. The first-order chi connectivity index (χ1) is 15.5. The van der Waals surface area contributed by atoms with Gasteiger partial charge in [-0.05, 0) is 67.9 Å². The van der Waals surface area contributed by atoms with Crippen LogP contribution in [0.4, 0.5) is 34.6 Å². The molecular weight excluding hydrogens is 460 g/mol. The summed E-state index contributed by atoms with van der Waals surface area (Å²) in [5.74, 6) is -1.72. The molecule has 1 saturated heterocycles. The zero-order valence-corrected chi connectivity index (χ0v) is 18.0. The fraction of sp³-hybridized carbons (Fsp3) is 0.273. The topological polar surface area (TPSA) is 76.4 Å². The molecule has 1 N–H and O–H groups in total. The van der Waals surface area contributed by atoms with E-state index in [1.54, 1.807) is 0 Å². The summed E-state index contributed by atoms with van der Waals surface area (Å²) in [6.45, 7) is 1.23. The summed E-state index contributed by atoms with van der Waals surface area (Å²) < 4.78 is 55.0. The predicted molar refractivity (Wildman–Crippen MR) is 116 cm³/mol. The van der Waals surface area contributed by atoms with Crippen LogP contribution in [0.2, 0.25) is 0 Å². The third-order valence-corrected chi connectivity index (χ3v) is 6.17. The average molecular weight is 476 g/mol. The number of rotatable bonds is 3. The quantitative estimate of drug-likeness (QED) is 0.512. The number of nitrogens with zero attached hydrogens (tertiary/aromatic N) is 3. The van der Waals surface area contributed by atoms with Crippen LogP contribution >= 0.6 is 12.2 Å². The Balaban J connectivity index is 1.79. The van der Waals surface area contributed by atoms with Crippen LogP contribution in [0.3, 0.4) is 0 Å². The molecule has 0 bridgehead atoms. The Bertz CT molecular complexity index is 1230. The molecule has 1 aliphatic carbocycles. The largest absolute Gasteiger partial charge is 0.417 e. The standard InChI is InChI=1S/C22H16F4N4O2S/c1-12(31)28-18-6-5-15(10-17(18)23)30-20(33)29(19(32)21(30)7-2-8-21)14-4-3-13(11-27)16(9-14)22(24,25)26/h3-6,9-10H,2,7-8H2,1H3,(H,28,31). The predicted octanol–water partition coefficient (Wildman–Crippen LogP) is 4.74. The molecule has 33 heavy (non-hydrogen) atoms. The summed E-state index contributed by atoms with van der Waals surface area (Å²) in [5, 5.41) is 11.3. The zero-order chi connectivity index (χ0) is 24.1. The minimum atomic E-state index is -4.80. The van der Waals surface area contributed by atoms with E-state index in [9.17, 15) is 27.2 Å². The van der Waals surface area contributed by atoms with Crippen molar-refractivity contribution in [2.75, 3.05) is 15.1 Å². The number of halogens is 4. The molecule has 2 fully saturated rings. The monoisotopic (exact) mass is 476 g/mol. The Morgan fingerprint density at radius 3 is 2.36 bits per heavy atom. The lowest BCUT2D eigenvalue weighted by Gasteiger charge is -2.43. The highest BCUT2D eigenvalue weighted by Gasteiger charge is 2.59. The Morgan fingerprint density at radius 2 is 1.85 bits per heavy atom. The molecule has 170 valence electrons. The number of nitrogens with one attached hydrogen (secondary N) is 1. The third kappa shape index (κ3) is 3.60. The molecule has 1 heterocycles. The number of hydrogen-bond donors (Lipinski definition) is 1. The van der Waals surface area contributed by atoms with Crippen molar-refractivity contribution in [1.82, 2.24) is 0 Å². The highest BCUT2D eigenvalue weighted by Crippen LogP contribution is 2.48. The molecule has 1 saturated carbocycles. The van der Waals surface area contributed by atoms with Crippen molar-refractivity contribution < 1.29 is 27.2 Å². The fourth-order valence-electron chi connectivity index (χ4n) is 4.15. The maximum Gasteiger partial charge on any atom is 0.417 e. The van der Waals surface area contributed by atoms with E-state index in [0.29, 0.717) is 19.3 Å². The number of carbonyl (C=O) groups is 2. The van der Waals surface area contributed by atoms with Gasteiger partial charge in [0.2, 0.25) is 5.91 Å². The number of thiocarbonyl (C=S) groups is 1. The number of alkyl halides is 3. The fourth-order valence-corrected chi connectivity index (χ4v) is 4.61. The maximum absolute atomic E-state index is 14.6. The van der Waals surface area contributed by atoms with Gasteiger partial charge in [-0.1, -0.05) is 0 Å². The summed E-state index contributed by atoms with van der Waals surface area (Å²) in [6, 6.07) is 8.38. The number of carbonyl (C=O) groups excluding carboxylic acids is 2. The van der Waals surface area contributed by atoms with Gasteiger partial charge in [-0.15, -0.1) is 0 Å². The number of amides is 2. The molecule has 0 unspecified atom stereocenters. The minimum absolute atomic E-state index is 0.0517. The van der Waals surface area contributed by atoms with Crippen molar-refractivity contribution in [2.45, 2.75) is 37.9 Å². The summed E-state index contributed by atoms with van der Waals surface area (Å²) in [6.07, 6.45) is -3.34. The second kappa shape index (κ2) is 7.81. The van der Waals surface area contributed by atoms with Crippen molar-refractivity contribution in [3.63, 3.8) is 0 Å². The molecule has 2 aromatic carbocycles. The van der Waals surface area contributed by atoms with Gasteiger partial charge in [-0.25, -0.2) is 4.39 Å². The summed E-state index contributed by atoms with van der Waals surface area (Å²) >= 11 is 5.49. The first kappa shape index (κ1) is 22.7. The van der Waals surface area contributed by atoms with Crippen LogP contribution in [-0.2, 0) is 15.8 Å². The van der Waals surface area contributed by atoms with Crippen molar-refractivity contribution in [3.05, 3.63) is 53.3 Å². The molecule has 2 aromatic rings. The van der Waals surface area contributed by atoms with Crippen LogP contribution in [0.25, 0.3) is 0 Å². The van der Waals surface area contributed by atoms with Gasteiger partial charge >= 0.3 is 6.18 Å². The van der Waals surface area contributed by atoms with Gasteiger partial charge in [0.05, 0.1) is 28.6 Å². The molecule has 11 heteroatoms. The van der Waals surface area contributed by atoms with E-state index in [-0.39, 0.29) is 22.2 Å². The van der Waals surface area contributed by atoms with E-state index in [1.165, 1.54) is 36.1 Å². The number of hydrogen-bond acceptors (Lipinski definition) is 4. The van der Waals surface area contributed by atoms with Gasteiger partial charge in [-0.2, -0.15) is 18.4 Å². The third-order valence-electron chi connectivity index (χ3n) is 5.80. The summed E-state index contributed by atoms with van der Waals surface area (Å²) in [7, 11) is 0. The van der Waals surface area contributed by atoms with E-state index < -0.39 is 40.5 Å². The van der Waals surface area contributed by atoms with Gasteiger partial charge in [0.25, 0.3) is 5.91 Å². The van der Waals surface area contributed by atoms with Crippen LogP contribution in [0.5, 0.6) is 0 Å². The smallest absolute Gasteiger partial charge is 0.324 e. The Hall–Kier alpha value is -3.52. The van der Waals surface area contributed by atoms with Crippen LogP contribution in [0.1, 0.15) is 37.3 Å². The lowest BCUT2D eigenvalue weighted by Crippen LogP contribution is -2.55. The lowest BCUT2D eigenvalue weighted by molar-refractivity contribution is -0.137. The Morgan fingerprint density at radius 1 is 1.18 bits per heavy atom. The first-order valence-electron chi connectivity index (χ1n) is 9.87. The zero-order valence-electron chi connectivity index (χ0n) is 17.2. The van der Waals surface area contributed by atoms with E-state index in [1.807, 2.05) is 0 Å². The molecule has 0 aromatic heterocycles. The highest BCUT2D eigenvalue weighted by molar-refractivity contribution is 7.81. The van der Waals surface area contributed by atoms with E-state index in [4.69, 9.17) is 17.5 Å². The van der Waals surface area contributed by atoms with Gasteiger partial charge in [0.15, 0.2) is 5.11 Å². The van der Waals surface area contributed by atoms with Gasteiger partial charge in [0, 0.05) is 12.6 Å². The number of anilines is 3. The van der Waals surface area contributed by atoms with E-state index in [2.05, 4.69) is 5.32 Å². The molecule has 1 aliphatic heterocycles. The first-order valence-corrected chi connectivity index (χ1v) is 10.3. The second-order valence-electron chi connectivity index (χ2n) is 7.83. The van der Waals surface area contributed by atoms with Crippen LogP contribution in [0, 0.1) is 17.1 Å². The van der Waals surface area contributed by atoms with Crippen molar-refractivity contribution in [3.8, 4) is 6.07 Å². The van der Waals surface area contributed by atoms with Crippen molar-refractivity contribution >= 4 is 46.2 Å². The number of nitriles is 1. The number of benzene rings is 2. The summed E-state index contributed by atoms with van der Waals surface area (Å²) in [4.78, 5) is 27.1. The molecule has 1 spiro atoms. The molecular formula is C22H16F4N4O2S.